The lowest BCUT2D eigenvalue weighted by Gasteiger charge is -2.35. The van der Waals surface area contributed by atoms with Crippen LogP contribution < -0.4 is 0 Å². The van der Waals surface area contributed by atoms with Gasteiger partial charge in [0.25, 0.3) is 6.29 Å². The minimum atomic E-state index is -0.958. The van der Waals surface area contributed by atoms with Crippen molar-refractivity contribution in [1.82, 2.24) is 0 Å². The first-order chi connectivity index (χ1) is 15.6. The molecular weight excluding hydrogens is 416 g/mol. The number of hydrogen-bond donors (Lipinski definition) is 1. The highest BCUT2D eigenvalue weighted by atomic mass is 16.7. The molecule has 0 fully saturated rings. The van der Waals surface area contributed by atoms with Crippen molar-refractivity contribution in [3.05, 3.63) is 46.1 Å². The van der Waals surface area contributed by atoms with E-state index in [-0.39, 0.29) is 5.92 Å². The molecule has 0 saturated heterocycles. The highest BCUT2D eigenvalue weighted by Gasteiger charge is 2.36. The van der Waals surface area contributed by atoms with Gasteiger partial charge >= 0.3 is 11.9 Å². The molecule has 0 radical (unpaired) electrons. The average Bonchev–Trinajstić information content (AvgIpc) is 3.07. The van der Waals surface area contributed by atoms with Crippen molar-refractivity contribution in [2.75, 3.05) is 0 Å². The lowest BCUT2D eigenvalue weighted by molar-refractivity contribution is -0.173. The van der Waals surface area contributed by atoms with E-state index in [0.29, 0.717) is 23.8 Å². The second-order valence-corrected chi connectivity index (χ2v) is 10.6. The molecule has 3 aliphatic rings. The summed E-state index contributed by atoms with van der Waals surface area (Å²) in [6.45, 7) is 10.6. The molecule has 1 N–H and O–H groups in total. The van der Waals surface area contributed by atoms with Gasteiger partial charge in [-0.2, -0.15) is 0 Å². The van der Waals surface area contributed by atoms with Gasteiger partial charge in [-0.1, -0.05) is 42.7 Å². The summed E-state index contributed by atoms with van der Waals surface area (Å²) in [5.74, 6) is -1.05. The van der Waals surface area contributed by atoms with Crippen LogP contribution in [0.15, 0.2) is 46.1 Å². The number of esters is 2. The number of cyclic esters (lactones) is 1. The summed E-state index contributed by atoms with van der Waals surface area (Å²) in [4.78, 5) is 23.0. The number of ether oxygens (including phenoxy) is 2. The third-order valence-corrected chi connectivity index (χ3v) is 7.51. The van der Waals surface area contributed by atoms with Crippen LogP contribution in [0.2, 0.25) is 0 Å². The molecule has 0 aromatic heterocycles. The summed E-state index contributed by atoms with van der Waals surface area (Å²) in [6, 6.07) is 0. The van der Waals surface area contributed by atoms with Crippen LogP contribution >= 0.6 is 0 Å². The SMILES string of the molecule is CC(=O)OC1OC(=O)C=C1[C@H]1CC=C(CC/C=C(\C)CCC2=C(C)CCCC2(C)C)C(O)C1. The highest BCUT2D eigenvalue weighted by molar-refractivity contribution is 5.86. The summed E-state index contributed by atoms with van der Waals surface area (Å²) in [5, 5.41) is 10.7. The van der Waals surface area contributed by atoms with Crippen LogP contribution in [0, 0.1) is 11.3 Å². The molecule has 2 unspecified atom stereocenters. The smallest absolute Gasteiger partial charge is 0.334 e. The standard InChI is InChI=1S/C28H40O5/c1-18(11-14-24-19(2)9-7-15-28(24,4)5)8-6-10-21-12-13-22(16-25(21)30)23-17-26(31)33-27(23)32-20(3)29/h8,12,17,22,25,27,30H,6-7,9-11,13-16H2,1-5H3/b18-8+/t22-,25?,27?/m0/s1. The van der Waals surface area contributed by atoms with Gasteiger partial charge in [-0.3, -0.25) is 4.79 Å². The Kier molecular flexibility index (Phi) is 8.38. The number of hydrogen-bond acceptors (Lipinski definition) is 5. The van der Waals surface area contributed by atoms with E-state index < -0.39 is 24.3 Å². The van der Waals surface area contributed by atoms with Crippen LogP contribution in [0.1, 0.15) is 92.4 Å². The highest BCUT2D eigenvalue weighted by Crippen LogP contribution is 2.42. The molecule has 182 valence electrons. The molecule has 0 amide bonds. The maximum Gasteiger partial charge on any atom is 0.334 e. The molecule has 2 aliphatic carbocycles. The normalized spacial score (nSPS) is 27.8. The van der Waals surface area contributed by atoms with Gasteiger partial charge in [0.15, 0.2) is 0 Å². The van der Waals surface area contributed by atoms with E-state index in [0.717, 1.165) is 31.3 Å². The van der Waals surface area contributed by atoms with Crippen molar-refractivity contribution >= 4 is 11.9 Å². The zero-order valence-electron chi connectivity index (χ0n) is 20.9. The van der Waals surface area contributed by atoms with Gasteiger partial charge < -0.3 is 14.6 Å². The quantitative estimate of drug-likeness (QED) is 0.353. The Bertz CT molecular complexity index is 886. The number of carbonyl (C=O) groups is 2. The largest absolute Gasteiger partial charge is 0.421 e. The van der Waals surface area contributed by atoms with E-state index in [1.807, 2.05) is 0 Å². The minimum Gasteiger partial charge on any atom is -0.421 e. The Morgan fingerprint density at radius 3 is 2.73 bits per heavy atom. The molecule has 5 nitrogen and oxygen atoms in total. The van der Waals surface area contributed by atoms with Crippen molar-refractivity contribution in [3.63, 3.8) is 0 Å². The van der Waals surface area contributed by atoms with Gasteiger partial charge in [-0.05, 0) is 88.5 Å². The van der Waals surface area contributed by atoms with Crippen LogP contribution in [0.3, 0.4) is 0 Å². The molecule has 3 atom stereocenters. The fourth-order valence-electron chi connectivity index (χ4n) is 5.59. The number of allylic oxidation sites excluding steroid dienone is 5. The van der Waals surface area contributed by atoms with E-state index >= 15 is 0 Å². The summed E-state index contributed by atoms with van der Waals surface area (Å²) in [5.41, 5.74) is 6.68. The van der Waals surface area contributed by atoms with E-state index in [1.54, 1.807) is 11.1 Å². The van der Waals surface area contributed by atoms with Gasteiger partial charge in [0.1, 0.15) is 0 Å². The summed E-state index contributed by atoms with van der Waals surface area (Å²) >= 11 is 0. The first-order valence-corrected chi connectivity index (χ1v) is 12.4. The van der Waals surface area contributed by atoms with Gasteiger partial charge in [-0.15, -0.1) is 0 Å². The predicted octanol–water partition coefficient (Wildman–Crippen LogP) is 6.09. The molecule has 1 heterocycles. The second kappa shape index (κ2) is 10.9. The van der Waals surface area contributed by atoms with Crippen molar-refractivity contribution < 1.29 is 24.2 Å². The monoisotopic (exact) mass is 456 g/mol. The fraction of sp³-hybridized carbons (Fsp3) is 0.643. The minimum absolute atomic E-state index is 0.0628. The number of aliphatic hydroxyl groups is 1. The molecule has 33 heavy (non-hydrogen) atoms. The topological polar surface area (TPSA) is 72.8 Å². The molecule has 5 heteroatoms. The molecule has 3 rings (SSSR count). The fourth-order valence-corrected chi connectivity index (χ4v) is 5.59. The van der Waals surface area contributed by atoms with Crippen molar-refractivity contribution in [2.24, 2.45) is 11.3 Å². The Balaban J connectivity index is 1.51. The molecule has 0 saturated carbocycles. The Morgan fingerprint density at radius 2 is 2.06 bits per heavy atom. The van der Waals surface area contributed by atoms with Gasteiger partial charge in [0.05, 0.1) is 6.10 Å². The predicted molar refractivity (Wildman–Crippen MR) is 129 cm³/mol. The summed E-state index contributed by atoms with van der Waals surface area (Å²) in [6.07, 6.45) is 13.3. The van der Waals surface area contributed by atoms with Gasteiger partial charge in [0.2, 0.25) is 0 Å². The van der Waals surface area contributed by atoms with Crippen molar-refractivity contribution in [3.8, 4) is 0 Å². The lowest BCUT2D eigenvalue weighted by atomic mass is 9.71. The maximum absolute atomic E-state index is 11.7. The van der Waals surface area contributed by atoms with E-state index in [9.17, 15) is 14.7 Å². The number of carbonyl (C=O) groups excluding carboxylic acids is 2. The first kappa shape index (κ1) is 25.5. The number of aliphatic hydroxyl groups excluding tert-OH is 1. The number of rotatable bonds is 8. The average molecular weight is 457 g/mol. The van der Waals surface area contributed by atoms with Crippen LogP contribution in [-0.4, -0.2) is 29.4 Å². The maximum atomic E-state index is 11.7. The van der Waals surface area contributed by atoms with Crippen molar-refractivity contribution in [2.45, 2.75) is 105 Å². The van der Waals surface area contributed by atoms with Gasteiger partial charge in [-0.25, -0.2) is 4.79 Å². The molecule has 0 aromatic carbocycles. The van der Waals surface area contributed by atoms with Crippen LogP contribution in [-0.2, 0) is 19.1 Å². The molecule has 0 bridgehead atoms. The lowest BCUT2D eigenvalue weighted by Crippen LogP contribution is -2.28. The third kappa shape index (κ3) is 6.69. The summed E-state index contributed by atoms with van der Waals surface area (Å²) < 4.78 is 10.2. The zero-order chi connectivity index (χ0) is 24.2. The van der Waals surface area contributed by atoms with Gasteiger partial charge in [0, 0.05) is 18.6 Å². The Labute approximate surface area is 198 Å². The van der Waals surface area contributed by atoms with E-state index in [2.05, 4.69) is 39.8 Å². The van der Waals surface area contributed by atoms with E-state index in [4.69, 9.17) is 9.47 Å². The third-order valence-electron chi connectivity index (χ3n) is 7.51. The molecule has 0 aromatic rings. The second-order valence-electron chi connectivity index (χ2n) is 10.6. The molecule has 1 aliphatic heterocycles. The summed E-state index contributed by atoms with van der Waals surface area (Å²) in [7, 11) is 0. The Hall–Kier alpha value is -2.14. The van der Waals surface area contributed by atoms with Crippen LogP contribution in [0.5, 0.6) is 0 Å². The first-order valence-electron chi connectivity index (χ1n) is 12.4. The zero-order valence-corrected chi connectivity index (χ0v) is 20.9. The molecule has 0 spiro atoms. The van der Waals surface area contributed by atoms with Crippen molar-refractivity contribution in [1.29, 1.82) is 0 Å². The van der Waals surface area contributed by atoms with E-state index in [1.165, 1.54) is 37.8 Å². The Morgan fingerprint density at radius 1 is 1.30 bits per heavy atom. The molecular formula is C28H40O5. The van der Waals surface area contributed by atoms with Crippen LogP contribution in [0.25, 0.3) is 0 Å². The van der Waals surface area contributed by atoms with Crippen LogP contribution in [0.4, 0.5) is 0 Å².